The van der Waals surface area contributed by atoms with E-state index in [-0.39, 0.29) is 24.0 Å². The quantitative estimate of drug-likeness (QED) is 0.196. The number of rotatable bonds is 9. The van der Waals surface area contributed by atoms with Gasteiger partial charge in [0.25, 0.3) is 0 Å². The van der Waals surface area contributed by atoms with E-state index in [4.69, 9.17) is 0 Å². The highest BCUT2D eigenvalue weighted by Gasteiger charge is 2.03. The molecule has 0 radical (unpaired) electrons. The summed E-state index contributed by atoms with van der Waals surface area (Å²) in [6.45, 7) is 10.1. The van der Waals surface area contributed by atoms with Gasteiger partial charge in [0.15, 0.2) is 5.96 Å². The van der Waals surface area contributed by atoms with Crippen LogP contribution in [0, 0.1) is 13.8 Å². The van der Waals surface area contributed by atoms with Gasteiger partial charge >= 0.3 is 0 Å². The first kappa shape index (κ1) is 23.9. The number of aliphatic imine (C=N–C) groups is 1. The van der Waals surface area contributed by atoms with Crippen molar-refractivity contribution in [1.82, 2.24) is 30.2 Å². The summed E-state index contributed by atoms with van der Waals surface area (Å²) >= 11 is 0. The van der Waals surface area contributed by atoms with Gasteiger partial charge in [-0.25, -0.2) is 4.99 Å². The third-order valence-corrected chi connectivity index (χ3v) is 4.58. The van der Waals surface area contributed by atoms with Crippen molar-refractivity contribution in [1.29, 1.82) is 0 Å². The highest BCUT2D eigenvalue weighted by Crippen LogP contribution is 2.05. The summed E-state index contributed by atoms with van der Waals surface area (Å²) in [4.78, 5) is 4.69. The van der Waals surface area contributed by atoms with Crippen molar-refractivity contribution in [3.63, 3.8) is 0 Å². The molecule has 7 nitrogen and oxygen atoms in total. The van der Waals surface area contributed by atoms with E-state index in [0.29, 0.717) is 6.54 Å². The molecule has 3 rings (SSSR count). The van der Waals surface area contributed by atoms with Gasteiger partial charge in [0.1, 0.15) is 0 Å². The van der Waals surface area contributed by atoms with Crippen LogP contribution in [0.1, 0.15) is 35.9 Å². The Kier molecular flexibility index (Phi) is 9.85. The van der Waals surface area contributed by atoms with Gasteiger partial charge in [-0.1, -0.05) is 30.3 Å². The second-order valence-corrected chi connectivity index (χ2v) is 7.16. The minimum Gasteiger partial charge on any atom is -0.357 e. The van der Waals surface area contributed by atoms with Gasteiger partial charge in [0, 0.05) is 37.1 Å². The summed E-state index contributed by atoms with van der Waals surface area (Å²) in [6, 6.07) is 12.5. The average molecular weight is 521 g/mol. The van der Waals surface area contributed by atoms with Crippen LogP contribution in [0.15, 0.2) is 53.8 Å². The van der Waals surface area contributed by atoms with E-state index in [1.807, 2.05) is 36.0 Å². The van der Waals surface area contributed by atoms with Crippen LogP contribution < -0.4 is 10.6 Å². The first-order valence-corrected chi connectivity index (χ1v) is 10.2. The van der Waals surface area contributed by atoms with Gasteiger partial charge in [-0.3, -0.25) is 9.36 Å². The maximum absolute atomic E-state index is 4.69. The van der Waals surface area contributed by atoms with E-state index in [0.717, 1.165) is 49.8 Å². The van der Waals surface area contributed by atoms with E-state index in [2.05, 4.69) is 68.7 Å². The molecular formula is C22H32IN7. The lowest BCUT2D eigenvalue weighted by atomic mass is 10.2. The van der Waals surface area contributed by atoms with Gasteiger partial charge in [-0.2, -0.15) is 10.2 Å². The van der Waals surface area contributed by atoms with Crippen molar-refractivity contribution in [2.24, 2.45) is 4.99 Å². The number of halogens is 1. The highest BCUT2D eigenvalue weighted by molar-refractivity contribution is 14.0. The van der Waals surface area contributed by atoms with Crippen LogP contribution in [0.3, 0.4) is 0 Å². The van der Waals surface area contributed by atoms with E-state index < -0.39 is 0 Å². The summed E-state index contributed by atoms with van der Waals surface area (Å²) in [5, 5.41) is 15.7. The Morgan fingerprint density at radius 2 is 1.90 bits per heavy atom. The molecule has 0 amide bonds. The summed E-state index contributed by atoms with van der Waals surface area (Å²) < 4.78 is 4.01. The number of aryl methyl sites for hydroxylation is 3. The standard InChI is InChI=1S/C22H31N7.HI/c1-4-23-22(24-11-8-12-29-19(3)13-18(2)27-29)25-14-21-15-26-28(17-21)16-20-9-6-5-7-10-20;/h5-7,9-10,13,15,17H,4,8,11-12,14,16H2,1-3H3,(H2,23,24,25);1H. The molecule has 3 aromatic rings. The highest BCUT2D eigenvalue weighted by atomic mass is 127. The zero-order chi connectivity index (χ0) is 20.5. The number of nitrogens with zero attached hydrogens (tertiary/aromatic N) is 5. The number of nitrogens with one attached hydrogen (secondary N) is 2. The average Bonchev–Trinajstić information content (AvgIpc) is 3.29. The predicted molar refractivity (Wildman–Crippen MR) is 132 cm³/mol. The number of guanidine groups is 1. The fourth-order valence-electron chi connectivity index (χ4n) is 3.19. The Morgan fingerprint density at radius 3 is 2.60 bits per heavy atom. The van der Waals surface area contributed by atoms with Gasteiger partial charge in [0.2, 0.25) is 0 Å². The van der Waals surface area contributed by atoms with Crippen molar-refractivity contribution in [2.45, 2.75) is 46.8 Å². The molecule has 0 aliphatic heterocycles. The summed E-state index contributed by atoms with van der Waals surface area (Å²) in [7, 11) is 0. The summed E-state index contributed by atoms with van der Waals surface area (Å²) in [6.07, 6.45) is 4.93. The molecule has 0 atom stereocenters. The molecule has 0 aliphatic carbocycles. The van der Waals surface area contributed by atoms with Gasteiger partial charge < -0.3 is 10.6 Å². The van der Waals surface area contributed by atoms with Crippen LogP contribution in [-0.2, 0) is 19.6 Å². The van der Waals surface area contributed by atoms with Crippen LogP contribution >= 0.6 is 24.0 Å². The number of hydrogen-bond donors (Lipinski definition) is 2. The lowest BCUT2D eigenvalue weighted by molar-refractivity contribution is 0.555. The van der Waals surface area contributed by atoms with Crippen LogP contribution in [0.4, 0.5) is 0 Å². The first-order valence-electron chi connectivity index (χ1n) is 10.2. The third-order valence-electron chi connectivity index (χ3n) is 4.58. The lowest BCUT2D eigenvalue weighted by Gasteiger charge is -2.11. The van der Waals surface area contributed by atoms with Crippen molar-refractivity contribution < 1.29 is 0 Å². The minimum atomic E-state index is 0. The lowest BCUT2D eigenvalue weighted by Crippen LogP contribution is -2.38. The maximum Gasteiger partial charge on any atom is 0.191 e. The van der Waals surface area contributed by atoms with E-state index in [1.165, 1.54) is 11.3 Å². The molecule has 0 bridgehead atoms. The molecule has 0 spiro atoms. The van der Waals surface area contributed by atoms with Crippen LogP contribution in [-0.4, -0.2) is 38.6 Å². The molecule has 8 heteroatoms. The Labute approximate surface area is 196 Å². The number of benzene rings is 1. The van der Waals surface area contributed by atoms with E-state index >= 15 is 0 Å². The fraction of sp³-hybridized carbons (Fsp3) is 0.409. The maximum atomic E-state index is 4.69. The van der Waals surface area contributed by atoms with E-state index in [1.54, 1.807) is 0 Å². The molecule has 0 saturated heterocycles. The Bertz CT molecular complexity index is 915. The normalized spacial score (nSPS) is 11.2. The minimum absolute atomic E-state index is 0. The fourth-order valence-corrected chi connectivity index (χ4v) is 3.19. The van der Waals surface area contributed by atoms with Gasteiger partial charge in [-0.05, 0) is 38.8 Å². The van der Waals surface area contributed by atoms with Crippen molar-refractivity contribution in [2.75, 3.05) is 13.1 Å². The van der Waals surface area contributed by atoms with Crippen LogP contribution in [0.2, 0.25) is 0 Å². The molecule has 1 aromatic carbocycles. The topological polar surface area (TPSA) is 72.1 Å². The molecule has 0 fully saturated rings. The van der Waals surface area contributed by atoms with E-state index in [9.17, 15) is 0 Å². The van der Waals surface area contributed by atoms with Crippen molar-refractivity contribution >= 4 is 29.9 Å². The zero-order valence-corrected chi connectivity index (χ0v) is 20.3. The summed E-state index contributed by atoms with van der Waals surface area (Å²) in [5.74, 6) is 0.830. The van der Waals surface area contributed by atoms with Crippen molar-refractivity contribution in [3.8, 4) is 0 Å². The third kappa shape index (κ3) is 7.47. The van der Waals surface area contributed by atoms with Crippen molar-refractivity contribution in [3.05, 3.63) is 71.3 Å². The molecule has 0 saturated carbocycles. The van der Waals surface area contributed by atoms with Crippen LogP contribution in [0.25, 0.3) is 0 Å². The second kappa shape index (κ2) is 12.4. The Morgan fingerprint density at radius 1 is 1.10 bits per heavy atom. The number of aromatic nitrogens is 4. The Hall–Kier alpha value is -2.36. The van der Waals surface area contributed by atoms with Gasteiger partial charge in [-0.15, -0.1) is 24.0 Å². The molecule has 30 heavy (non-hydrogen) atoms. The second-order valence-electron chi connectivity index (χ2n) is 7.16. The first-order chi connectivity index (χ1) is 14.1. The monoisotopic (exact) mass is 521 g/mol. The molecule has 2 N–H and O–H groups in total. The molecule has 2 heterocycles. The predicted octanol–water partition coefficient (Wildman–Crippen LogP) is 3.51. The summed E-state index contributed by atoms with van der Waals surface area (Å²) in [5.41, 5.74) is 4.61. The van der Waals surface area contributed by atoms with Crippen LogP contribution in [0.5, 0.6) is 0 Å². The smallest absolute Gasteiger partial charge is 0.191 e. The molecular weight excluding hydrogens is 489 g/mol. The molecule has 2 aromatic heterocycles. The molecule has 0 unspecified atom stereocenters. The molecule has 0 aliphatic rings. The largest absolute Gasteiger partial charge is 0.357 e. The Balaban J connectivity index is 0.00000320. The molecule has 162 valence electrons. The SMILES string of the molecule is CCNC(=NCc1cnn(Cc2ccccc2)c1)NCCCn1nc(C)cc1C.I. The zero-order valence-electron chi connectivity index (χ0n) is 18.0. The van der Waals surface area contributed by atoms with Gasteiger partial charge in [0.05, 0.1) is 25.0 Å². The number of hydrogen-bond acceptors (Lipinski definition) is 3.